The largest absolute Gasteiger partial charge is 0.361 e. The van der Waals surface area contributed by atoms with Crippen LogP contribution in [-0.4, -0.2) is 9.97 Å². The molecule has 2 heterocycles. The highest BCUT2D eigenvalue weighted by atomic mass is 14.7. The van der Waals surface area contributed by atoms with E-state index in [4.69, 9.17) is 0 Å². The van der Waals surface area contributed by atoms with Crippen molar-refractivity contribution in [3.63, 3.8) is 0 Å². The molecule has 140 valence electrons. The fourth-order valence-corrected chi connectivity index (χ4v) is 4.75. The van der Waals surface area contributed by atoms with E-state index in [1.807, 2.05) is 12.4 Å². The van der Waals surface area contributed by atoms with Gasteiger partial charge in [-0.15, -0.1) is 0 Å². The Balaban J connectivity index is 1.59. The number of rotatable bonds is 3. The summed E-state index contributed by atoms with van der Waals surface area (Å²) in [6, 6.07) is 15.7. The summed E-state index contributed by atoms with van der Waals surface area (Å²) in [6.07, 6.45) is 12.3. The lowest BCUT2D eigenvalue weighted by Crippen LogP contribution is -2.14. The lowest BCUT2D eigenvalue weighted by atomic mass is 9.82. The summed E-state index contributed by atoms with van der Waals surface area (Å²) in [4.78, 5) is 6.70. The molecule has 1 aliphatic carbocycles. The first-order valence-electron chi connectivity index (χ1n) is 10.0. The molecule has 5 rings (SSSR count). The Labute approximate surface area is 166 Å². The molecular formula is C26H26N2. The van der Waals surface area contributed by atoms with Crippen LogP contribution in [0.2, 0.25) is 0 Å². The zero-order chi connectivity index (χ0) is 19.3. The summed E-state index contributed by atoms with van der Waals surface area (Å²) >= 11 is 0. The molecule has 2 heteroatoms. The second-order valence-corrected chi connectivity index (χ2v) is 8.63. The van der Waals surface area contributed by atoms with Gasteiger partial charge in [-0.1, -0.05) is 42.9 Å². The smallest absolute Gasteiger partial charge is 0.0459 e. The number of hydrogen-bond acceptors (Lipinski definition) is 0. The first-order valence-corrected chi connectivity index (χ1v) is 10.0. The number of benzene rings is 2. The Morgan fingerprint density at radius 1 is 0.964 bits per heavy atom. The van der Waals surface area contributed by atoms with Crippen LogP contribution in [-0.2, 0) is 5.41 Å². The highest BCUT2D eigenvalue weighted by Crippen LogP contribution is 2.49. The molecule has 2 nitrogen and oxygen atoms in total. The predicted octanol–water partition coefficient (Wildman–Crippen LogP) is 7.07. The summed E-state index contributed by atoms with van der Waals surface area (Å²) in [5.74, 6) is 0.472. The highest BCUT2D eigenvalue weighted by molar-refractivity contribution is 5.83. The maximum atomic E-state index is 3.39. The Morgan fingerprint density at radius 2 is 1.71 bits per heavy atom. The quantitative estimate of drug-likeness (QED) is 0.363. The van der Waals surface area contributed by atoms with Crippen molar-refractivity contribution in [1.29, 1.82) is 0 Å². The van der Waals surface area contributed by atoms with E-state index in [0.717, 1.165) is 6.42 Å². The third-order valence-electron chi connectivity index (χ3n) is 6.14. The van der Waals surface area contributed by atoms with E-state index >= 15 is 0 Å². The Hall–Kier alpha value is -3.00. The summed E-state index contributed by atoms with van der Waals surface area (Å²) in [6.45, 7) is 6.78. The Bertz CT molecular complexity index is 1230. The second-order valence-electron chi connectivity index (χ2n) is 8.63. The maximum Gasteiger partial charge on any atom is 0.0459 e. The van der Waals surface area contributed by atoms with Gasteiger partial charge in [-0.2, -0.15) is 0 Å². The number of fused-ring (bicyclic) bond motifs is 3. The number of nitrogens with one attached hydrogen (secondary N) is 2. The van der Waals surface area contributed by atoms with Crippen LogP contribution < -0.4 is 0 Å². The van der Waals surface area contributed by atoms with Gasteiger partial charge < -0.3 is 9.97 Å². The molecule has 0 radical (unpaired) electrons. The lowest BCUT2D eigenvalue weighted by molar-refractivity contribution is 0.566. The van der Waals surface area contributed by atoms with E-state index in [0.29, 0.717) is 5.92 Å². The average Bonchev–Trinajstić information content (AvgIpc) is 3.37. The SMILES string of the molecule is CC(C)=C[C@H]1C[C@](C)(/C=C\c2ccc3cc[nH]c3c2)c2cc3[nH]ccc3cc21. The molecule has 0 unspecified atom stereocenters. The number of H-pyrrole nitrogens is 2. The van der Waals surface area contributed by atoms with Crippen LogP contribution in [0.1, 0.15) is 49.8 Å². The normalized spacial score (nSPS) is 21.6. The van der Waals surface area contributed by atoms with Crippen LogP contribution in [0.15, 0.2) is 72.6 Å². The second kappa shape index (κ2) is 6.27. The van der Waals surface area contributed by atoms with Crippen molar-refractivity contribution in [2.24, 2.45) is 0 Å². The lowest BCUT2D eigenvalue weighted by Gasteiger charge is -2.21. The van der Waals surface area contributed by atoms with Gasteiger partial charge in [-0.25, -0.2) is 0 Å². The van der Waals surface area contributed by atoms with Crippen LogP contribution in [0.25, 0.3) is 27.9 Å². The fraction of sp³-hybridized carbons (Fsp3) is 0.231. The molecule has 2 aromatic carbocycles. The topological polar surface area (TPSA) is 31.6 Å². The standard InChI is InChI=1S/C26H26N2/c1-17(2)12-21-16-26(3,23-15-25-20(8-11-28-25)14-22(21)23)9-6-18-4-5-19-7-10-27-24(19)13-18/h4-15,21,27-28H,16H2,1-3H3/b9-6-/t21-,26-/m0/s1. The molecule has 0 fully saturated rings. The molecule has 28 heavy (non-hydrogen) atoms. The van der Waals surface area contributed by atoms with E-state index < -0.39 is 0 Å². The average molecular weight is 367 g/mol. The van der Waals surface area contributed by atoms with Gasteiger partial charge in [0.1, 0.15) is 0 Å². The van der Waals surface area contributed by atoms with Crippen molar-refractivity contribution in [2.45, 2.75) is 38.5 Å². The number of aromatic amines is 2. The first kappa shape index (κ1) is 17.1. The molecule has 0 saturated heterocycles. The minimum Gasteiger partial charge on any atom is -0.361 e. The molecule has 1 aliphatic rings. The molecule has 0 amide bonds. The van der Waals surface area contributed by atoms with Crippen LogP contribution in [0.3, 0.4) is 0 Å². The van der Waals surface area contributed by atoms with Crippen molar-refractivity contribution in [1.82, 2.24) is 9.97 Å². The third kappa shape index (κ3) is 2.80. The summed E-state index contributed by atoms with van der Waals surface area (Å²) in [7, 11) is 0. The number of aromatic nitrogens is 2. The molecule has 0 bridgehead atoms. The van der Waals surface area contributed by atoms with Crippen LogP contribution in [0.5, 0.6) is 0 Å². The molecule has 2 atom stereocenters. The van der Waals surface area contributed by atoms with Crippen molar-refractivity contribution >= 4 is 27.9 Å². The van der Waals surface area contributed by atoms with Gasteiger partial charge in [-0.3, -0.25) is 0 Å². The van der Waals surface area contributed by atoms with Gasteiger partial charge in [0.15, 0.2) is 0 Å². The molecule has 2 N–H and O–H groups in total. The summed E-state index contributed by atoms with van der Waals surface area (Å²) < 4.78 is 0. The maximum absolute atomic E-state index is 3.39. The third-order valence-corrected chi connectivity index (χ3v) is 6.14. The van der Waals surface area contributed by atoms with Gasteiger partial charge >= 0.3 is 0 Å². The molecule has 4 aromatic rings. The van der Waals surface area contributed by atoms with Gasteiger partial charge in [0.05, 0.1) is 0 Å². The molecule has 0 spiro atoms. The van der Waals surface area contributed by atoms with Gasteiger partial charge in [0, 0.05) is 34.8 Å². The summed E-state index contributed by atoms with van der Waals surface area (Å²) in [5.41, 5.74) is 7.98. The van der Waals surface area contributed by atoms with E-state index in [1.165, 1.54) is 44.1 Å². The van der Waals surface area contributed by atoms with Gasteiger partial charge in [0.25, 0.3) is 0 Å². The van der Waals surface area contributed by atoms with Crippen LogP contribution >= 0.6 is 0 Å². The fourth-order valence-electron chi connectivity index (χ4n) is 4.75. The van der Waals surface area contributed by atoms with Crippen LogP contribution in [0.4, 0.5) is 0 Å². The minimum absolute atomic E-state index is 0.0238. The van der Waals surface area contributed by atoms with Gasteiger partial charge in [0.2, 0.25) is 0 Å². The minimum atomic E-state index is 0.0238. The van der Waals surface area contributed by atoms with E-state index in [2.05, 4.69) is 91.4 Å². The predicted molar refractivity (Wildman–Crippen MR) is 120 cm³/mol. The first-order chi connectivity index (χ1) is 13.5. The van der Waals surface area contributed by atoms with Crippen molar-refractivity contribution in [3.8, 4) is 0 Å². The van der Waals surface area contributed by atoms with E-state index in [1.54, 1.807) is 0 Å². The molecule has 2 aromatic heterocycles. The molecule has 0 saturated carbocycles. The van der Waals surface area contributed by atoms with Gasteiger partial charge in [-0.05, 0) is 78.1 Å². The zero-order valence-electron chi connectivity index (χ0n) is 16.7. The van der Waals surface area contributed by atoms with Crippen molar-refractivity contribution in [3.05, 3.63) is 89.3 Å². The number of allylic oxidation sites excluding steroid dienone is 3. The highest BCUT2D eigenvalue weighted by Gasteiger charge is 2.37. The zero-order valence-corrected chi connectivity index (χ0v) is 16.7. The monoisotopic (exact) mass is 366 g/mol. The Morgan fingerprint density at radius 3 is 2.50 bits per heavy atom. The summed E-state index contributed by atoms with van der Waals surface area (Å²) in [5, 5.41) is 2.56. The van der Waals surface area contributed by atoms with Crippen LogP contribution in [0, 0.1) is 0 Å². The van der Waals surface area contributed by atoms with E-state index in [-0.39, 0.29) is 5.41 Å². The Kier molecular flexibility index (Phi) is 3.83. The van der Waals surface area contributed by atoms with E-state index in [9.17, 15) is 0 Å². The molecule has 0 aliphatic heterocycles. The van der Waals surface area contributed by atoms with Crippen molar-refractivity contribution < 1.29 is 0 Å². The number of hydrogen-bond donors (Lipinski definition) is 2. The van der Waals surface area contributed by atoms with Crippen molar-refractivity contribution in [2.75, 3.05) is 0 Å². The molecular weight excluding hydrogens is 340 g/mol.